The number of nitrogens with zero attached hydrogens (tertiary/aromatic N) is 1. The predicted molar refractivity (Wildman–Crippen MR) is 80.3 cm³/mol. The number of carbonyl (C=O) groups is 1. The smallest absolute Gasteiger partial charge is 0.240 e. The lowest BCUT2D eigenvalue weighted by molar-refractivity contribution is -0.121. The Morgan fingerprint density at radius 1 is 1.16 bits per heavy atom. The van der Waals surface area contributed by atoms with E-state index in [9.17, 15) is 4.79 Å². The topological polar surface area (TPSA) is 41.5 Å². The monoisotopic (exact) mass is 260 g/mol. The third-order valence-corrected chi connectivity index (χ3v) is 3.08. The van der Waals surface area contributed by atoms with Crippen molar-refractivity contribution in [1.82, 2.24) is 5.43 Å². The minimum absolute atomic E-state index is 0.00237. The molecular formula is C16H24N2O. The fourth-order valence-corrected chi connectivity index (χ4v) is 1.77. The Morgan fingerprint density at radius 2 is 1.84 bits per heavy atom. The molecule has 0 unspecified atom stereocenters. The van der Waals surface area contributed by atoms with Gasteiger partial charge in [0.2, 0.25) is 5.91 Å². The molecule has 19 heavy (non-hydrogen) atoms. The second-order valence-electron chi connectivity index (χ2n) is 4.91. The Balaban J connectivity index is 2.38. The number of hydrazone groups is 1. The fraction of sp³-hybridized carbons (Fsp3) is 0.500. The first-order chi connectivity index (χ1) is 9.13. The Kier molecular flexibility index (Phi) is 6.86. The van der Waals surface area contributed by atoms with Crippen LogP contribution < -0.4 is 5.43 Å². The van der Waals surface area contributed by atoms with Gasteiger partial charge < -0.3 is 0 Å². The largest absolute Gasteiger partial charge is 0.273 e. The standard InChI is InChI=1S/C16H24N2O/c1-4-5-6-7-8-16(19)18-17-14(3)15-11-9-13(2)10-12-15/h9-12H,4-8H2,1-3H3,(H,18,19). The van der Waals surface area contributed by atoms with Crippen molar-refractivity contribution in [3.8, 4) is 0 Å². The Bertz CT molecular complexity index is 421. The molecule has 3 nitrogen and oxygen atoms in total. The van der Waals surface area contributed by atoms with Crippen LogP contribution in [0.2, 0.25) is 0 Å². The van der Waals surface area contributed by atoms with Gasteiger partial charge in [0, 0.05) is 6.42 Å². The molecule has 0 saturated heterocycles. The average Bonchev–Trinajstić information content (AvgIpc) is 2.42. The van der Waals surface area contributed by atoms with Crippen LogP contribution in [0.4, 0.5) is 0 Å². The van der Waals surface area contributed by atoms with Crippen molar-refractivity contribution in [1.29, 1.82) is 0 Å². The highest BCUT2D eigenvalue weighted by Crippen LogP contribution is 2.05. The van der Waals surface area contributed by atoms with E-state index in [2.05, 4.69) is 17.5 Å². The summed E-state index contributed by atoms with van der Waals surface area (Å²) in [7, 11) is 0. The second kappa shape index (κ2) is 8.46. The highest BCUT2D eigenvalue weighted by Gasteiger charge is 2.01. The van der Waals surface area contributed by atoms with E-state index in [4.69, 9.17) is 0 Å². The van der Waals surface area contributed by atoms with Gasteiger partial charge in [0.15, 0.2) is 0 Å². The molecule has 1 N–H and O–H groups in total. The number of unbranched alkanes of at least 4 members (excludes halogenated alkanes) is 3. The normalized spacial score (nSPS) is 11.4. The van der Waals surface area contributed by atoms with E-state index in [1.165, 1.54) is 18.4 Å². The van der Waals surface area contributed by atoms with Crippen LogP contribution in [0.1, 0.15) is 57.1 Å². The summed E-state index contributed by atoms with van der Waals surface area (Å²) in [5, 5.41) is 4.14. The average molecular weight is 260 g/mol. The molecule has 0 aliphatic rings. The maximum absolute atomic E-state index is 11.6. The molecule has 0 bridgehead atoms. The molecule has 1 rings (SSSR count). The number of amides is 1. The lowest BCUT2D eigenvalue weighted by Gasteiger charge is -2.03. The minimum atomic E-state index is 0.00237. The van der Waals surface area contributed by atoms with Crippen molar-refractivity contribution in [3.05, 3.63) is 35.4 Å². The highest BCUT2D eigenvalue weighted by atomic mass is 16.2. The summed E-state index contributed by atoms with van der Waals surface area (Å²) in [6.45, 7) is 6.12. The highest BCUT2D eigenvalue weighted by molar-refractivity contribution is 5.99. The molecule has 0 radical (unpaired) electrons. The second-order valence-corrected chi connectivity index (χ2v) is 4.91. The number of hydrogen-bond donors (Lipinski definition) is 1. The zero-order valence-electron chi connectivity index (χ0n) is 12.2. The van der Waals surface area contributed by atoms with Gasteiger partial charge in [-0.25, -0.2) is 5.43 Å². The SMILES string of the molecule is CCCCCCC(=O)NN=C(C)c1ccc(C)cc1. The maximum Gasteiger partial charge on any atom is 0.240 e. The number of nitrogens with one attached hydrogen (secondary N) is 1. The van der Waals surface area contributed by atoms with Crippen molar-refractivity contribution in [2.45, 2.75) is 52.9 Å². The van der Waals surface area contributed by atoms with E-state index in [0.29, 0.717) is 6.42 Å². The number of hydrogen-bond acceptors (Lipinski definition) is 2. The van der Waals surface area contributed by atoms with Crippen LogP contribution in [-0.4, -0.2) is 11.6 Å². The molecule has 3 heteroatoms. The lowest BCUT2D eigenvalue weighted by Crippen LogP contribution is -2.18. The molecule has 0 aliphatic carbocycles. The minimum Gasteiger partial charge on any atom is -0.273 e. The molecule has 0 spiro atoms. The van der Waals surface area contributed by atoms with Crippen molar-refractivity contribution >= 4 is 11.6 Å². The predicted octanol–water partition coefficient (Wildman–Crippen LogP) is 3.81. The number of carbonyl (C=O) groups excluding carboxylic acids is 1. The summed E-state index contributed by atoms with van der Waals surface area (Å²) in [5.41, 5.74) is 5.71. The first-order valence-electron chi connectivity index (χ1n) is 7.03. The van der Waals surface area contributed by atoms with Crippen LogP contribution >= 0.6 is 0 Å². The zero-order valence-corrected chi connectivity index (χ0v) is 12.2. The number of rotatable bonds is 7. The van der Waals surface area contributed by atoms with E-state index < -0.39 is 0 Å². The number of aryl methyl sites for hydroxylation is 1. The van der Waals surface area contributed by atoms with Gasteiger partial charge in [-0.05, 0) is 25.8 Å². The first kappa shape index (κ1) is 15.4. The first-order valence-corrected chi connectivity index (χ1v) is 7.03. The van der Waals surface area contributed by atoms with Gasteiger partial charge in [-0.1, -0.05) is 56.0 Å². The van der Waals surface area contributed by atoms with Crippen LogP contribution in [0.15, 0.2) is 29.4 Å². The molecule has 0 heterocycles. The summed E-state index contributed by atoms with van der Waals surface area (Å²) in [6, 6.07) is 8.12. The zero-order chi connectivity index (χ0) is 14.1. The fourth-order valence-electron chi connectivity index (χ4n) is 1.77. The van der Waals surface area contributed by atoms with E-state index in [1.54, 1.807) is 0 Å². The van der Waals surface area contributed by atoms with Crippen molar-refractivity contribution in [2.75, 3.05) is 0 Å². The molecule has 0 fully saturated rings. The van der Waals surface area contributed by atoms with Crippen LogP contribution in [-0.2, 0) is 4.79 Å². The van der Waals surface area contributed by atoms with Crippen LogP contribution in [0.5, 0.6) is 0 Å². The molecule has 0 saturated carbocycles. The molecule has 1 aromatic rings. The molecule has 1 amide bonds. The van der Waals surface area contributed by atoms with Crippen LogP contribution in [0, 0.1) is 6.92 Å². The van der Waals surface area contributed by atoms with Gasteiger partial charge in [-0.15, -0.1) is 0 Å². The van der Waals surface area contributed by atoms with Crippen molar-refractivity contribution in [3.63, 3.8) is 0 Å². The Labute approximate surface area is 116 Å². The maximum atomic E-state index is 11.6. The number of benzene rings is 1. The van der Waals surface area contributed by atoms with Gasteiger partial charge in [-0.3, -0.25) is 4.79 Å². The van der Waals surface area contributed by atoms with E-state index in [0.717, 1.165) is 24.1 Å². The summed E-state index contributed by atoms with van der Waals surface area (Å²) in [4.78, 5) is 11.6. The Hall–Kier alpha value is -1.64. The quantitative estimate of drug-likeness (QED) is 0.452. The molecule has 0 atom stereocenters. The van der Waals surface area contributed by atoms with Crippen molar-refractivity contribution in [2.24, 2.45) is 5.10 Å². The van der Waals surface area contributed by atoms with E-state index >= 15 is 0 Å². The third-order valence-electron chi connectivity index (χ3n) is 3.08. The molecule has 1 aromatic carbocycles. The van der Waals surface area contributed by atoms with Crippen LogP contribution in [0.3, 0.4) is 0 Å². The van der Waals surface area contributed by atoms with Crippen LogP contribution in [0.25, 0.3) is 0 Å². The summed E-state index contributed by atoms with van der Waals surface area (Å²) < 4.78 is 0. The molecule has 0 aliphatic heterocycles. The Morgan fingerprint density at radius 3 is 2.47 bits per heavy atom. The molecule has 0 aromatic heterocycles. The van der Waals surface area contributed by atoms with Gasteiger partial charge in [0.05, 0.1) is 5.71 Å². The lowest BCUT2D eigenvalue weighted by atomic mass is 10.1. The van der Waals surface area contributed by atoms with E-state index in [1.807, 2.05) is 38.1 Å². The molecule has 104 valence electrons. The van der Waals surface area contributed by atoms with Gasteiger partial charge in [0.1, 0.15) is 0 Å². The summed E-state index contributed by atoms with van der Waals surface area (Å²) >= 11 is 0. The van der Waals surface area contributed by atoms with E-state index in [-0.39, 0.29) is 5.91 Å². The van der Waals surface area contributed by atoms with Gasteiger partial charge in [-0.2, -0.15) is 5.10 Å². The summed E-state index contributed by atoms with van der Waals surface area (Å²) in [6.07, 6.45) is 5.00. The summed E-state index contributed by atoms with van der Waals surface area (Å²) in [5.74, 6) is 0.00237. The van der Waals surface area contributed by atoms with Gasteiger partial charge in [0.25, 0.3) is 0 Å². The van der Waals surface area contributed by atoms with Crippen molar-refractivity contribution < 1.29 is 4.79 Å². The molecular weight excluding hydrogens is 236 g/mol. The van der Waals surface area contributed by atoms with Gasteiger partial charge >= 0.3 is 0 Å². The third kappa shape index (κ3) is 6.18.